The number of nitrogens with zero attached hydrogens (tertiary/aromatic N) is 3. The summed E-state index contributed by atoms with van der Waals surface area (Å²) in [7, 11) is 3.26. The molecule has 1 aromatic carbocycles. The molecule has 1 unspecified atom stereocenters. The van der Waals surface area contributed by atoms with Gasteiger partial charge in [-0.3, -0.25) is 4.90 Å². The lowest BCUT2D eigenvalue weighted by molar-refractivity contribution is 0.283. The third kappa shape index (κ3) is 5.27. The normalized spacial score (nSPS) is 17.7. The predicted octanol–water partition coefficient (Wildman–Crippen LogP) is 3.50. The number of benzene rings is 1. The van der Waals surface area contributed by atoms with Crippen molar-refractivity contribution in [3.8, 4) is 29.3 Å². The molecule has 2 aliphatic heterocycles. The molecule has 0 aliphatic carbocycles. The van der Waals surface area contributed by atoms with Gasteiger partial charge in [-0.25, -0.2) is 4.98 Å². The van der Waals surface area contributed by atoms with Gasteiger partial charge < -0.3 is 24.4 Å². The van der Waals surface area contributed by atoms with Crippen molar-refractivity contribution in [1.82, 2.24) is 15.2 Å². The maximum Gasteiger partial charge on any atom is 0.212 e. The Hall–Kier alpha value is -3.37. The minimum absolute atomic E-state index is 0.388. The van der Waals surface area contributed by atoms with Crippen molar-refractivity contribution in [1.29, 1.82) is 0 Å². The average molecular weight is 435 g/mol. The quantitative estimate of drug-likeness (QED) is 0.699. The molecule has 1 N–H and O–H groups in total. The first-order chi connectivity index (χ1) is 15.7. The Morgan fingerprint density at radius 1 is 1.16 bits per heavy atom. The summed E-state index contributed by atoms with van der Waals surface area (Å²) in [4.78, 5) is 8.43. The van der Waals surface area contributed by atoms with E-state index in [0.29, 0.717) is 36.6 Å². The topological polar surface area (TPSA) is 59.1 Å². The fraction of sp³-hybridized carbons (Fsp3) is 0.400. The maximum absolute atomic E-state index is 6.09. The zero-order valence-corrected chi connectivity index (χ0v) is 18.9. The van der Waals surface area contributed by atoms with Crippen LogP contribution >= 0.6 is 0 Å². The number of rotatable bonds is 6. The SMILES string of the molecule is COc1ccc(COc2cc(N3C=CN(C#CC4CCCNC4)C3)c(C)cc2OC)cn1. The van der Waals surface area contributed by atoms with E-state index in [1.807, 2.05) is 35.4 Å². The highest BCUT2D eigenvalue weighted by atomic mass is 16.5. The molecular weight excluding hydrogens is 404 g/mol. The lowest BCUT2D eigenvalue weighted by atomic mass is 10.0. The van der Waals surface area contributed by atoms with Gasteiger partial charge in [0.05, 0.1) is 14.2 Å². The van der Waals surface area contributed by atoms with Crippen molar-refractivity contribution < 1.29 is 14.2 Å². The summed E-state index contributed by atoms with van der Waals surface area (Å²) in [6, 6.07) is 11.1. The molecule has 2 aromatic rings. The van der Waals surface area contributed by atoms with Crippen LogP contribution in [0.25, 0.3) is 0 Å². The number of piperidine rings is 1. The van der Waals surface area contributed by atoms with Crippen molar-refractivity contribution in [2.24, 2.45) is 5.92 Å². The number of nitrogens with one attached hydrogen (secondary N) is 1. The van der Waals surface area contributed by atoms with Crippen LogP contribution < -0.4 is 24.4 Å². The molecular formula is C25H30N4O3. The van der Waals surface area contributed by atoms with Crippen molar-refractivity contribution in [3.63, 3.8) is 0 Å². The summed E-state index contributed by atoms with van der Waals surface area (Å²) in [6.07, 6.45) is 8.20. The molecule has 0 spiro atoms. The highest BCUT2D eigenvalue weighted by Crippen LogP contribution is 2.36. The van der Waals surface area contributed by atoms with Crippen LogP contribution in [0.3, 0.4) is 0 Å². The van der Waals surface area contributed by atoms with E-state index in [2.05, 4.69) is 40.3 Å². The zero-order chi connectivity index (χ0) is 22.3. The molecule has 2 aliphatic rings. The van der Waals surface area contributed by atoms with Gasteiger partial charge in [0.15, 0.2) is 11.5 Å². The Balaban J connectivity index is 1.44. The van der Waals surface area contributed by atoms with Crippen LogP contribution in [-0.2, 0) is 6.61 Å². The maximum atomic E-state index is 6.09. The summed E-state index contributed by atoms with van der Waals surface area (Å²) in [5, 5.41) is 3.41. The van der Waals surface area contributed by atoms with E-state index in [1.54, 1.807) is 20.4 Å². The number of pyridine rings is 1. The van der Waals surface area contributed by atoms with Gasteiger partial charge in [-0.1, -0.05) is 5.92 Å². The standard InChI is InChI=1S/C25H30N4O3/c1-19-13-23(30-2)24(32-17-21-6-7-25(31-3)27-16-21)14-22(19)29-12-11-28(18-29)10-8-20-5-4-9-26-15-20/h6-7,11-14,16,20,26H,4-5,9,15,17-18H2,1-3H3. The largest absolute Gasteiger partial charge is 0.493 e. The Morgan fingerprint density at radius 2 is 2.06 bits per heavy atom. The van der Waals surface area contributed by atoms with E-state index in [1.165, 1.54) is 12.8 Å². The Morgan fingerprint density at radius 3 is 2.78 bits per heavy atom. The fourth-order valence-electron chi connectivity index (χ4n) is 3.81. The predicted molar refractivity (Wildman–Crippen MR) is 125 cm³/mol. The molecule has 0 saturated carbocycles. The van der Waals surface area contributed by atoms with Crippen molar-refractivity contribution in [2.45, 2.75) is 26.4 Å². The number of aromatic nitrogens is 1. The number of hydrogen-bond acceptors (Lipinski definition) is 7. The molecule has 1 atom stereocenters. The molecule has 1 aromatic heterocycles. The van der Waals surface area contributed by atoms with Gasteiger partial charge in [0.2, 0.25) is 5.88 Å². The minimum Gasteiger partial charge on any atom is -0.493 e. The highest BCUT2D eigenvalue weighted by molar-refractivity contribution is 5.63. The van der Waals surface area contributed by atoms with Crippen LogP contribution in [0.1, 0.15) is 24.0 Å². The smallest absolute Gasteiger partial charge is 0.212 e. The highest BCUT2D eigenvalue weighted by Gasteiger charge is 2.18. The molecule has 4 rings (SSSR count). The van der Waals surface area contributed by atoms with Crippen LogP contribution in [-0.4, -0.2) is 43.9 Å². The zero-order valence-electron chi connectivity index (χ0n) is 18.9. The van der Waals surface area contributed by atoms with Crippen LogP contribution in [0.2, 0.25) is 0 Å². The fourth-order valence-corrected chi connectivity index (χ4v) is 3.81. The monoisotopic (exact) mass is 434 g/mol. The van der Waals surface area contributed by atoms with Gasteiger partial charge in [-0.15, -0.1) is 0 Å². The van der Waals surface area contributed by atoms with Crippen LogP contribution in [0.4, 0.5) is 5.69 Å². The van der Waals surface area contributed by atoms with Gasteiger partial charge in [-0.05, 0) is 44.0 Å². The van der Waals surface area contributed by atoms with E-state index >= 15 is 0 Å². The van der Waals surface area contributed by atoms with E-state index in [4.69, 9.17) is 14.2 Å². The van der Waals surface area contributed by atoms with Crippen LogP contribution in [0.5, 0.6) is 17.4 Å². The third-order valence-corrected chi connectivity index (χ3v) is 5.63. The summed E-state index contributed by atoms with van der Waals surface area (Å²) < 4.78 is 16.8. The van der Waals surface area contributed by atoms with E-state index in [0.717, 1.165) is 29.9 Å². The molecule has 0 radical (unpaired) electrons. The first-order valence-electron chi connectivity index (χ1n) is 10.9. The molecule has 1 fully saturated rings. The summed E-state index contributed by atoms with van der Waals surface area (Å²) in [5.74, 6) is 5.81. The lowest BCUT2D eigenvalue weighted by Gasteiger charge is -2.22. The van der Waals surface area contributed by atoms with Crippen LogP contribution in [0.15, 0.2) is 42.9 Å². The average Bonchev–Trinajstić information content (AvgIpc) is 3.31. The second-order valence-corrected chi connectivity index (χ2v) is 7.97. The van der Waals surface area contributed by atoms with Crippen LogP contribution in [0, 0.1) is 24.8 Å². The number of hydrogen-bond donors (Lipinski definition) is 1. The first-order valence-corrected chi connectivity index (χ1v) is 10.9. The lowest BCUT2D eigenvalue weighted by Crippen LogP contribution is -2.29. The minimum atomic E-state index is 0.388. The Labute approximate surface area is 190 Å². The summed E-state index contributed by atoms with van der Waals surface area (Å²) >= 11 is 0. The molecule has 3 heterocycles. The van der Waals surface area contributed by atoms with Gasteiger partial charge in [0.1, 0.15) is 13.3 Å². The molecule has 7 nitrogen and oxygen atoms in total. The molecule has 7 heteroatoms. The van der Waals surface area contributed by atoms with E-state index in [9.17, 15) is 0 Å². The van der Waals surface area contributed by atoms with Crippen molar-refractivity contribution in [3.05, 3.63) is 54.0 Å². The number of aryl methyl sites for hydroxylation is 1. The Bertz CT molecular complexity index is 1000. The third-order valence-electron chi connectivity index (χ3n) is 5.63. The van der Waals surface area contributed by atoms with Gasteiger partial charge in [-0.2, -0.15) is 0 Å². The molecule has 32 heavy (non-hydrogen) atoms. The molecule has 1 saturated heterocycles. The van der Waals surface area contributed by atoms with Crippen molar-refractivity contribution >= 4 is 5.69 Å². The number of anilines is 1. The van der Waals surface area contributed by atoms with Gasteiger partial charge in [0.25, 0.3) is 0 Å². The van der Waals surface area contributed by atoms with Gasteiger partial charge in [0, 0.05) is 60.5 Å². The Kier molecular flexibility index (Phi) is 7.03. The van der Waals surface area contributed by atoms with E-state index in [-0.39, 0.29) is 0 Å². The summed E-state index contributed by atoms with van der Waals surface area (Å²) in [5.41, 5.74) is 3.12. The first kappa shape index (κ1) is 21.8. The second-order valence-electron chi connectivity index (χ2n) is 7.97. The van der Waals surface area contributed by atoms with E-state index < -0.39 is 0 Å². The number of methoxy groups -OCH3 is 2. The number of ether oxygens (including phenoxy) is 3. The van der Waals surface area contributed by atoms with Crippen molar-refractivity contribution in [2.75, 3.05) is 38.9 Å². The molecule has 168 valence electrons. The molecule has 0 bridgehead atoms. The van der Waals surface area contributed by atoms with Gasteiger partial charge >= 0.3 is 0 Å². The molecule has 0 amide bonds. The summed E-state index contributed by atoms with van der Waals surface area (Å²) in [6.45, 7) is 5.23. The second kappa shape index (κ2) is 10.3.